The van der Waals surface area contributed by atoms with Gasteiger partial charge < -0.3 is 5.32 Å². The van der Waals surface area contributed by atoms with Crippen molar-refractivity contribution < 1.29 is 0 Å². The summed E-state index contributed by atoms with van der Waals surface area (Å²) in [7, 11) is 1.98. The van der Waals surface area contributed by atoms with E-state index in [0.29, 0.717) is 0 Å². The van der Waals surface area contributed by atoms with Crippen molar-refractivity contribution in [2.24, 2.45) is 7.05 Å². The zero-order valence-electron chi connectivity index (χ0n) is 11.6. The monoisotopic (exact) mass is 243 g/mol. The Kier molecular flexibility index (Phi) is 3.82. The molecular formula is C15H21N3. The van der Waals surface area contributed by atoms with Gasteiger partial charge in [0.25, 0.3) is 0 Å². The van der Waals surface area contributed by atoms with Crippen molar-refractivity contribution in [1.82, 2.24) is 15.1 Å². The summed E-state index contributed by atoms with van der Waals surface area (Å²) in [5.41, 5.74) is 6.52. The maximum absolute atomic E-state index is 4.25. The van der Waals surface area contributed by atoms with Crippen LogP contribution < -0.4 is 5.32 Å². The van der Waals surface area contributed by atoms with E-state index >= 15 is 0 Å². The molecule has 1 aromatic carbocycles. The fraction of sp³-hybridized carbons (Fsp3) is 0.400. The molecule has 2 rings (SSSR count). The van der Waals surface area contributed by atoms with Gasteiger partial charge in [0.15, 0.2) is 0 Å². The van der Waals surface area contributed by atoms with Gasteiger partial charge in [0.05, 0.1) is 6.20 Å². The van der Waals surface area contributed by atoms with E-state index in [-0.39, 0.29) is 0 Å². The van der Waals surface area contributed by atoms with Gasteiger partial charge in [0.2, 0.25) is 0 Å². The van der Waals surface area contributed by atoms with Crippen molar-refractivity contribution in [2.45, 2.75) is 33.9 Å². The predicted molar refractivity (Wildman–Crippen MR) is 74.4 cm³/mol. The zero-order valence-corrected chi connectivity index (χ0v) is 11.6. The van der Waals surface area contributed by atoms with Crippen LogP contribution in [0.4, 0.5) is 0 Å². The summed E-state index contributed by atoms with van der Waals surface area (Å²) in [5, 5.41) is 7.74. The van der Waals surface area contributed by atoms with Crippen LogP contribution in [0.1, 0.15) is 27.9 Å². The van der Waals surface area contributed by atoms with E-state index in [1.165, 1.54) is 27.9 Å². The highest BCUT2D eigenvalue weighted by Gasteiger charge is 2.03. The minimum atomic E-state index is 0.868. The number of aromatic nitrogens is 2. The Balaban J connectivity index is 1.96. The summed E-state index contributed by atoms with van der Waals surface area (Å²) in [6.45, 7) is 8.16. The van der Waals surface area contributed by atoms with E-state index in [2.05, 4.69) is 49.4 Å². The van der Waals surface area contributed by atoms with Crippen LogP contribution in [0, 0.1) is 20.8 Å². The second kappa shape index (κ2) is 5.36. The Morgan fingerprint density at radius 2 is 1.83 bits per heavy atom. The molecule has 1 aromatic heterocycles. The van der Waals surface area contributed by atoms with Crippen molar-refractivity contribution in [1.29, 1.82) is 0 Å². The molecule has 0 radical (unpaired) electrons. The second-order valence-electron chi connectivity index (χ2n) is 4.91. The van der Waals surface area contributed by atoms with Crippen molar-refractivity contribution in [3.8, 4) is 0 Å². The maximum atomic E-state index is 4.25. The van der Waals surface area contributed by atoms with Crippen LogP contribution in [-0.4, -0.2) is 9.78 Å². The number of hydrogen-bond acceptors (Lipinski definition) is 2. The van der Waals surface area contributed by atoms with E-state index in [0.717, 1.165) is 13.1 Å². The number of hydrogen-bond donors (Lipinski definition) is 1. The first kappa shape index (κ1) is 12.8. The van der Waals surface area contributed by atoms with Crippen LogP contribution in [0.3, 0.4) is 0 Å². The van der Waals surface area contributed by atoms with Crippen LogP contribution in [0.2, 0.25) is 0 Å². The standard InChI is InChI=1S/C15H21N3/c1-11-5-6-12(2)14(7-11)8-16-9-15-10-17-18(4)13(15)3/h5-7,10,16H,8-9H2,1-4H3. The van der Waals surface area contributed by atoms with E-state index in [4.69, 9.17) is 0 Å². The van der Waals surface area contributed by atoms with E-state index in [1.807, 2.05) is 17.9 Å². The molecule has 0 aliphatic heterocycles. The molecule has 0 spiro atoms. The third kappa shape index (κ3) is 2.79. The largest absolute Gasteiger partial charge is 0.308 e. The average molecular weight is 243 g/mol. The van der Waals surface area contributed by atoms with Gasteiger partial charge in [-0.2, -0.15) is 5.10 Å². The third-order valence-electron chi connectivity index (χ3n) is 3.47. The third-order valence-corrected chi connectivity index (χ3v) is 3.47. The first-order valence-corrected chi connectivity index (χ1v) is 6.32. The van der Waals surface area contributed by atoms with E-state index in [9.17, 15) is 0 Å². The van der Waals surface area contributed by atoms with Crippen LogP contribution in [0.25, 0.3) is 0 Å². The molecule has 0 atom stereocenters. The van der Waals surface area contributed by atoms with Crippen LogP contribution in [-0.2, 0) is 20.1 Å². The molecule has 1 N–H and O–H groups in total. The quantitative estimate of drug-likeness (QED) is 0.894. The normalized spacial score (nSPS) is 10.9. The summed E-state index contributed by atoms with van der Waals surface area (Å²) in [6, 6.07) is 6.59. The Morgan fingerprint density at radius 3 is 2.50 bits per heavy atom. The topological polar surface area (TPSA) is 29.9 Å². The zero-order chi connectivity index (χ0) is 13.1. The Labute approximate surface area is 109 Å². The fourth-order valence-electron chi connectivity index (χ4n) is 2.04. The molecule has 0 bridgehead atoms. The summed E-state index contributed by atoms with van der Waals surface area (Å²) >= 11 is 0. The lowest BCUT2D eigenvalue weighted by atomic mass is 10.1. The molecule has 0 saturated heterocycles. The van der Waals surface area contributed by atoms with Crippen LogP contribution >= 0.6 is 0 Å². The summed E-state index contributed by atoms with van der Waals surface area (Å²) in [5.74, 6) is 0. The van der Waals surface area contributed by atoms with Crippen molar-refractivity contribution >= 4 is 0 Å². The molecule has 0 unspecified atom stereocenters. The molecule has 3 nitrogen and oxygen atoms in total. The van der Waals surface area contributed by atoms with Crippen LogP contribution in [0.5, 0.6) is 0 Å². The Bertz CT molecular complexity index is 541. The lowest BCUT2D eigenvalue weighted by molar-refractivity contribution is 0.682. The number of nitrogens with zero attached hydrogens (tertiary/aromatic N) is 2. The van der Waals surface area contributed by atoms with Gasteiger partial charge >= 0.3 is 0 Å². The molecule has 0 saturated carbocycles. The molecule has 2 aromatic rings. The smallest absolute Gasteiger partial charge is 0.0537 e. The van der Waals surface area contributed by atoms with Gasteiger partial charge in [0, 0.05) is 31.4 Å². The predicted octanol–water partition coefficient (Wildman–Crippen LogP) is 2.64. The highest BCUT2D eigenvalue weighted by Crippen LogP contribution is 2.11. The minimum absolute atomic E-state index is 0.868. The maximum Gasteiger partial charge on any atom is 0.0537 e. The molecule has 3 heteroatoms. The first-order chi connectivity index (χ1) is 8.58. The SMILES string of the molecule is Cc1ccc(C)c(CNCc2cnn(C)c2C)c1. The van der Waals surface area contributed by atoms with Gasteiger partial charge in [-0.15, -0.1) is 0 Å². The Morgan fingerprint density at radius 1 is 1.11 bits per heavy atom. The summed E-state index contributed by atoms with van der Waals surface area (Å²) in [4.78, 5) is 0. The molecule has 0 aliphatic rings. The highest BCUT2D eigenvalue weighted by atomic mass is 15.3. The average Bonchev–Trinajstić information content (AvgIpc) is 2.65. The number of rotatable bonds is 4. The van der Waals surface area contributed by atoms with Crippen molar-refractivity contribution in [3.63, 3.8) is 0 Å². The number of aryl methyl sites for hydroxylation is 3. The molecule has 18 heavy (non-hydrogen) atoms. The molecule has 96 valence electrons. The number of benzene rings is 1. The molecule has 0 amide bonds. The van der Waals surface area contributed by atoms with Gasteiger partial charge in [0.1, 0.15) is 0 Å². The molecule has 0 fully saturated rings. The van der Waals surface area contributed by atoms with Crippen molar-refractivity contribution in [3.05, 3.63) is 52.3 Å². The van der Waals surface area contributed by atoms with Gasteiger partial charge in [-0.25, -0.2) is 0 Å². The van der Waals surface area contributed by atoms with E-state index < -0.39 is 0 Å². The minimum Gasteiger partial charge on any atom is -0.308 e. The molecular weight excluding hydrogens is 222 g/mol. The van der Waals surface area contributed by atoms with Gasteiger partial charge in [-0.3, -0.25) is 4.68 Å². The lowest BCUT2D eigenvalue weighted by Gasteiger charge is -2.08. The summed E-state index contributed by atoms with van der Waals surface area (Å²) in [6.07, 6.45) is 1.94. The first-order valence-electron chi connectivity index (χ1n) is 6.32. The lowest BCUT2D eigenvalue weighted by Crippen LogP contribution is -2.14. The highest BCUT2D eigenvalue weighted by molar-refractivity contribution is 5.30. The molecule has 0 aliphatic carbocycles. The fourth-order valence-corrected chi connectivity index (χ4v) is 2.04. The van der Waals surface area contributed by atoms with Crippen molar-refractivity contribution in [2.75, 3.05) is 0 Å². The second-order valence-corrected chi connectivity index (χ2v) is 4.91. The number of nitrogens with one attached hydrogen (secondary N) is 1. The summed E-state index contributed by atoms with van der Waals surface area (Å²) < 4.78 is 1.91. The van der Waals surface area contributed by atoms with Gasteiger partial charge in [-0.1, -0.05) is 23.8 Å². The van der Waals surface area contributed by atoms with Crippen LogP contribution in [0.15, 0.2) is 24.4 Å². The molecule has 1 heterocycles. The van der Waals surface area contributed by atoms with E-state index in [1.54, 1.807) is 0 Å². The van der Waals surface area contributed by atoms with Gasteiger partial charge in [-0.05, 0) is 31.9 Å². The Hall–Kier alpha value is -1.61.